The van der Waals surface area contributed by atoms with Crippen molar-refractivity contribution in [2.45, 2.75) is 9.79 Å². The van der Waals surface area contributed by atoms with Crippen molar-refractivity contribution < 1.29 is 25.9 Å². The van der Waals surface area contributed by atoms with Crippen molar-refractivity contribution in [1.82, 2.24) is 9.97 Å². The Labute approximate surface area is 195 Å². The van der Waals surface area contributed by atoms with E-state index in [0.29, 0.717) is 11.1 Å². The van der Waals surface area contributed by atoms with Gasteiger partial charge in [-0.05, 0) is 11.6 Å². The lowest BCUT2D eigenvalue weighted by Gasteiger charge is -2.17. The van der Waals surface area contributed by atoms with Crippen LogP contribution in [0.15, 0.2) is 94.9 Å². The van der Waals surface area contributed by atoms with E-state index in [4.69, 9.17) is 4.98 Å². The molecule has 0 spiro atoms. The van der Waals surface area contributed by atoms with Crippen LogP contribution in [0.1, 0.15) is 0 Å². The van der Waals surface area contributed by atoms with Crippen LogP contribution in [0.4, 0.5) is 0 Å². The first-order chi connectivity index (χ1) is 16.2. The monoisotopic (exact) mass is 492 g/mol. The zero-order chi connectivity index (χ0) is 24.1. The Morgan fingerprint density at radius 3 is 1.79 bits per heavy atom. The molecule has 10 heteroatoms. The van der Waals surface area contributed by atoms with Gasteiger partial charge in [-0.1, -0.05) is 72.8 Å². The SMILES string of the molecule is O=S(=O)(O)c1ccnc2c1ccc1c(S(=O)(=O)O)c(-c3ccccc3)c(-c3ccccc3)nc12. The molecule has 2 heterocycles. The first-order valence-corrected chi connectivity index (χ1v) is 12.9. The van der Waals surface area contributed by atoms with Gasteiger partial charge in [0.05, 0.1) is 16.7 Å². The van der Waals surface area contributed by atoms with Crippen LogP contribution < -0.4 is 0 Å². The van der Waals surface area contributed by atoms with Crippen LogP contribution in [0.5, 0.6) is 0 Å². The van der Waals surface area contributed by atoms with Gasteiger partial charge in [-0.2, -0.15) is 16.8 Å². The van der Waals surface area contributed by atoms with Crippen LogP contribution >= 0.6 is 0 Å². The third-order valence-corrected chi connectivity index (χ3v) is 7.28. The molecule has 0 unspecified atom stereocenters. The Bertz CT molecular complexity index is 1790. The molecule has 2 N–H and O–H groups in total. The zero-order valence-electron chi connectivity index (χ0n) is 17.3. The fraction of sp³-hybridized carbons (Fsp3) is 0. The molecule has 2 aromatic heterocycles. The van der Waals surface area contributed by atoms with Gasteiger partial charge in [-0.15, -0.1) is 0 Å². The Hall–Kier alpha value is -3.70. The van der Waals surface area contributed by atoms with E-state index in [9.17, 15) is 25.9 Å². The molecule has 0 amide bonds. The predicted molar refractivity (Wildman–Crippen MR) is 128 cm³/mol. The molecule has 0 saturated heterocycles. The molecule has 3 aromatic carbocycles. The van der Waals surface area contributed by atoms with E-state index in [1.165, 1.54) is 18.3 Å². The van der Waals surface area contributed by atoms with E-state index in [1.807, 2.05) is 0 Å². The van der Waals surface area contributed by atoms with Gasteiger partial charge in [0.1, 0.15) is 9.79 Å². The number of nitrogens with zero attached hydrogens (tertiary/aromatic N) is 2. The Kier molecular flexibility index (Phi) is 5.18. The van der Waals surface area contributed by atoms with Crippen LogP contribution in [0, 0.1) is 0 Å². The normalized spacial score (nSPS) is 12.3. The van der Waals surface area contributed by atoms with E-state index in [-0.39, 0.29) is 42.9 Å². The summed E-state index contributed by atoms with van der Waals surface area (Å²) in [4.78, 5) is 8.20. The van der Waals surface area contributed by atoms with E-state index in [2.05, 4.69) is 4.98 Å². The van der Waals surface area contributed by atoms with Gasteiger partial charge in [0.2, 0.25) is 0 Å². The minimum absolute atomic E-state index is 0.0634. The maximum absolute atomic E-state index is 12.8. The summed E-state index contributed by atoms with van der Waals surface area (Å²) in [6, 6.07) is 21.3. The number of hydrogen-bond donors (Lipinski definition) is 2. The smallest absolute Gasteiger partial charge is 0.282 e. The zero-order valence-corrected chi connectivity index (χ0v) is 19.0. The highest BCUT2D eigenvalue weighted by Crippen LogP contribution is 2.41. The molecule has 5 aromatic rings. The molecule has 0 atom stereocenters. The summed E-state index contributed by atoms with van der Waals surface area (Å²) in [5, 5.41) is 0.131. The van der Waals surface area contributed by atoms with Gasteiger partial charge in [0.15, 0.2) is 0 Å². The first-order valence-electron chi connectivity index (χ1n) is 9.97. The van der Waals surface area contributed by atoms with Crippen LogP contribution in [0.3, 0.4) is 0 Å². The fourth-order valence-corrected chi connectivity index (χ4v) is 5.65. The van der Waals surface area contributed by atoms with Crippen molar-refractivity contribution in [2.75, 3.05) is 0 Å². The largest absolute Gasteiger partial charge is 0.295 e. The molecular weight excluding hydrogens is 476 g/mol. The lowest BCUT2D eigenvalue weighted by Crippen LogP contribution is -2.07. The Balaban J connectivity index is 2.06. The first kappa shape index (κ1) is 22.1. The highest BCUT2D eigenvalue weighted by molar-refractivity contribution is 7.86. The number of hydrogen-bond acceptors (Lipinski definition) is 6. The second kappa shape index (κ2) is 7.96. The fourth-order valence-electron chi connectivity index (χ4n) is 4.06. The summed E-state index contributed by atoms with van der Waals surface area (Å²) in [7, 11) is -9.37. The van der Waals surface area contributed by atoms with Crippen LogP contribution in [-0.2, 0) is 20.2 Å². The molecule has 0 fully saturated rings. The van der Waals surface area contributed by atoms with E-state index < -0.39 is 20.2 Å². The lowest BCUT2D eigenvalue weighted by molar-refractivity contribution is 0.482. The predicted octanol–water partition coefficient (Wildman–Crippen LogP) is 4.61. The molecule has 0 aliphatic heterocycles. The van der Waals surface area contributed by atoms with Gasteiger partial charge in [-0.25, -0.2) is 4.98 Å². The van der Waals surface area contributed by atoms with Crippen molar-refractivity contribution in [3.63, 3.8) is 0 Å². The maximum atomic E-state index is 12.8. The standard InChI is InChI=1S/C24H16N2O6S2/c27-33(28,29)19-13-14-25-22-17(19)11-12-18-23(22)26-21(16-9-5-2-6-10-16)20(24(18)34(30,31)32)15-7-3-1-4-8-15/h1-14H,(H,27,28,29)(H,30,31,32). The number of benzene rings is 3. The number of pyridine rings is 2. The van der Waals surface area contributed by atoms with Crippen molar-refractivity contribution in [1.29, 1.82) is 0 Å². The molecule has 34 heavy (non-hydrogen) atoms. The summed E-state index contributed by atoms with van der Waals surface area (Å²) < 4.78 is 69.3. The van der Waals surface area contributed by atoms with E-state index in [1.54, 1.807) is 60.7 Å². The molecule has 0 aliphatic carbocycles. The molecule has 0 aliphatic rings. The van der Waals surface area contributed by atoms with Crippen LogP contribution in [0.2, 0.25) is 0 Å². The molecule has 0 saturated carbocycles. The van der Waals surface area contributed by atoms with Crippen LogP contribution in [0.25, 0.3) is 44.2 Å². The molecule has 0 bridgehead atoms. The number of fused-ring (bicyclic) bond motifs is 3. The van der Waals surface area contributed by atoms with Gasteiger partial charge in [0, 0.05) is 28.1 Å². The van der Waals surface area contributed by atoms with E-state index in [0.717, 1.165) is 6.07 Å². The average Bonchev–Trinajstić information content (AvgIpc) is 2.82. The quantitative estimate of drug-likeness (QED) is 0.274. The van der Waals surface area contributed by atoms with Crippen molar-refractivity contribution in [2.24, 2.45) is 0 Å². The minimum atomic E-state index is -4.78. The van der Waals surface area contributed by atoms with Gasteiger partial charge >= 0.3 is 0 Å². The topological polar surface area (TPSA) is 135 Å². The summed E-state index contributed by atoms with van der Waals surface area (Å²) >= 11 is 0. The summed E-state index contributed by atoms with van der Waals surface area (Å²) in [6.45, 7) is 0. The highest BCUT2D eigenvalue weighted by Gasteiger charge is 2.27. The van der Waals surface area contributed by atoms with Gasteiger partial charge in [-0.3, -0.25) is 14.1 Å². The number of rotatable bonds is 4. The third kappa shape index (κ3) is 3.72. The lowest BCUT2D eigenvalue weighted by atomic mass is 9.96. The molecule has 0 radical (unpaired) electrons. The van der Waals surface area contributed by atoms with Crippen molar-refractivity contribution >= 4 is 42.0 Å². The maximum Gasteiger partial charge on any atom is 0.295 e. The molecule has 170 valence electrons. The highest BCUT2D eigenvalue weighted by atomic mass is 32.2. The second-order valence-corrected chi connectivity index (χ2v) is 10.3. The Morgan fingerprint density at radius 1 is 0.618 bits per heavy atom. The minimum Gasteiger partial charge on any atom is -0.282 e. The molecule has 5 rings (SSSR count). The summed E-state index contributed by atoms with van der Waals surface area (Å²) in [5.74, 6) is 0. The van der Waals surface area contributed by atoms with Crippen molar-refractivity contribution in [3.05, 3.63) is 85.1 Å². The average molecular weight is 493 g/mol. The van der Waals surface area contributed by atoms with Gasteiger partial charge < -0.3 is 0 Å². The molecular formula is C24H16N2O6S2. The van der Waals surface area contributed by atoms with Crippen molar-refractivity contribution in [3.8, 4) is 22.4 Å². The van der Waals surface area contributed by atoms with E-state index >= 15 is 0 Å². The summed E-state index contributed by atoms with van der Waals surface area (Å²) in [6.07, 6.45) is 1.19. The van der Waals surface area contributed by atoms with Crippen LogP contribution in [-0.4, -0.2) is 35.9 Å². The summed E-state index contributed by atoms with van der Waals surface area (Å²) in [5.41, 5.74) is 1.69. The third-order valence-electron chi connectivity index (χ3n) is 5.42. The second-order valence-electron chi connectivity index (χ2n) is 7.51. The number of aromatic nitrogens is 2. The Morgan fingerprint density at radius 2 is 1.21 bits per heavy atom. The molecule has 8 nitrogen and oxygen atoms in total. The van der Waals surface area contributed by atoms with Gasteiger partial charge in [0.25, 0.3) is 20.2 Å².